The van der Waals surface area contributed by atoms with Crippen molar-refractivity contribution in [3.8, 4) is 5.75 Å². The maximum Gasteiger partial charge on any atom is 0.237 e. The highest BCUT2D eigenvalue weighted by molar-refractivity contribution is 7.99. The zero-order valence-electron chi connectivity index (χ0n) is 12.8. The fraction of sp³-hybridized carbons (Fsp3) is 0.235. The molecule has 0 heterocycles. The number of methoxy groups -OCH3 is 1. The Morgan fingerprint density at radius 3 is 2.74 bits per heavy atom. The molecule has 3 nitrogen and oxygen atoms in total. The molecule has 23 heavy (non-hydrogen) atoms. The van der Waals surface area contributed by atoms with Gasteiger partial charge in [0.1, 0.15) is 5.75 Å². The SMILES string of the molecule is COc1cccc(CSC(C)C(=O)Nc2cccc(Cl)c2Cl)c1. The summed E-state index contributed by atoms with van der Waals surface area (Å²) in [6, 6.07) is 13.0. The van der Waals surface area contributed by atoms with Gasteiger partial charge in [0, 0.05) is 5.75 Å². The lowest BCUT2D eigenvalue weighted by atomic mass is 10.2. The zero-order chi connectivity index (χ0) is 16.8. The number of anilines is 1. The Kier molecular flexibility index (Phi) is 6.63. The summed E-state index contributed by atoms with van der Waals surface area (Å²) in [5, 5.41) is 3.35. The molecule has 2 aromatic carbocycles. The summed E-state index contributed by atoms with van der Waals surface area (Å²) in [4.78, 5) is 12.3. The van der Waals surface area contributed by atoms with Crippen molar-refractivity contribution in [2.45, 2.75) is 17.9 Å². The van der Waals surface area contributed by atoms with Gasteiger partial charge in [-0.2, -0.15) is 0 Å². The number of ether oxygens (including phenoxy) is 1. The van der Waals surface area contributed by atoms with Crippen LogP contribution >= 0.6 is 35.0 Å². The predicted octanol–water partition coefficient (Wildman–Crippen LogP) is 5.26. The van der Waals surface area contributed by atoms with Crippen LogP contribution in [0.3, 0.4) is 0 Å². The Balaban J connectivity index is 1.93. The molecule has 0 spiro atoms. The fourth-order valence-corrected chi connectivity index (χ4v) is 3.07. The lowest BCUT2D eigenvalue weighted by Crippen LogP contribution is -2.22. The molecule has 0 saturated heterocycles. The number of hydrogen-bond donors (Lipinski definition) is 1. The maximum atomic E-state index is 12.3. The van der Waals surface area contributed by atoms with E-state index in [2.05, 4.69) is 5.32 Å². The summed E-state index contributed by atoms with van der Waals surface area (Å²) in [5.74, 6) is 1.42. The molecule has 6 heteroatoms. The van der Waals surface area contributed by atoms with Gasteiger partial charge in [-0.1, -0.05) is 41.4 Å². The molecular formula is C17H17Cl2NO2S. The summed E-state index contributed by atoms with van der Waals surface area (Å²) in [7, 11) is 1.64. The van der Waals surface area contributed by atoms with E-state index in [9.17, 15) is 4.79 Å². The van der Waals surface area contributed by atoms with Crippen molar-refractivity contribution in [1.29, 1.82) is 0 Å². The van der Waals surface area contributed by atoms with E-state index >= 15 is 0 Å². The molecule has 0 fully saturated rings. The molecule has 1 N–H and O–H groups in total. The molecule has 1 atom stereocenters. The standard InChI is InChI=1S/C17H17Cl2NO2S/c1-11(23-10-12-5-3-6-13(9-12)22-2)17(21)20-15-8-4-7-14(18)16(15)19/h3-9,11H,10H2,1-2H3,(H,20,21). The van der Waals surface area contributed by atoms with Crippen LogP contribution in [0.5, 0.6) is 5.75 Å². The third kappa shape index (κ3) is 5.06. The zero-order valence-corrected chi connectivity index (χ0v) is 15.1. The molecule has 0 aliphatic carbocycles. The van der Waals surface area contributed by atoms with E-state index in [-0.39, 0.29) is 11.2 Å². The van der Waals surface area contributed by atoms with E-state index < -0.39 is 0 Å². The van der Waals surface area contributed by atoms with Crippen LogP contribution in [0.25, 0.3) is 0 Å². The summed E-state index contributed by atoms with van der Waals surface area (Å²) in [6.45, 7) is 1.86. The molecule has 2 rings (SSSR count). The molecule has 1 amide bonds. The van der Waals surface area contributed by atoms with Gasteiger partial charge in [-0.3, -0.25) is 4.79 Å². The van der Waals surface area contributed by atoms with E-state index in [0.717, 1.165) is 17.1 Å². The first-order valence-electron chi connectivity index (χ1n) is 7.00. The second-order valence-corrected chi connectivity index (χ2v) is 7.01. The normalized spacial score (nSPS) is 11.8. The van der Waals surface area contributed by atoms with Crippen LogP contribution in [0.1, 0.15) is 12.5 Å². The van der Waals surface area contributed by atoms with E-state index in [1.807, 2.05) is 31.2 Å². The number of halogens is 2. The molecule has 0 radical (unpaired) electrons. The van der Waals surface area contributed by atoms with Crippen LogP contribution in [-0.2, 0) is 10.5 Å². The number of rotatable bonds is 6. The molecular weight excluding hydrogens is 353 g/mol. The molecule has 1 unspecified atom stereocenters. The van der Waals surface area contributed by atoms with Gasteiger partial charge in [0.05, 0.1) is 28.1 Å². The number of benzene rings is 2. The van der Waals surface area contributed by atoms with Crippen LogP contribution in [0.2, 0.25) is 10.0 Å². The highest BCUT2D eigenvalue weighted by Gasteiger charge is 2.15. The van der Waals surface area contributed by atoms with Crippen LogP contribution in [0.15, 0.2) is 42.5 Å². The van der Waals surface area contributed by atoms with E-state index in [1.165, 1.54) is 0 Å². The first kappa shape index (κ1) is 18.0. The fourth-order valence-electron chi connectivity index (χ4n) is 1.89. The van der Waals surface area contributed by atoms with Crippen LogP contribution in [0.4, 0.5) is 5.69 Å². The first-order valence-corrected chi connectivity index (χ1v) is 8.81. The monoisotopic (exact) mass is 369 g/mol. The molecule has 0 bridgehead atoms. The van der Waals surface area contributed by atoms with Gasteiger partial charge in [0.15, 0.2) is 0 Å². The highest BCUT2D eigenvalue weighted by atomic mass is 35.5. The Hall–Kier alpha value is -1.36. The largest absolute Gasteiger partial charge is 0.497 e. The quantitative estimate of drug-likeness (QED) is 0.754. The summed E-state index contributed by atoms with van der Waals surface area (Å²) < 4.78 is 5.20. The van der Waals surface area contributed by atoms with Crippen molar-refractivity contribution in [3.63, 3.8) is 0 Å². The van der Waals surface area contributed by atoms with Crippen molar-refractivity contribution in [2.75, 3.05) is 12.4 Å². The van der Waals surface area contributed by atoms with Gasteiger partial charge in [-0.05, 0) is 36.8 Å². The van der Waals surface area contributed by atoms with Gasteiger partial charge < -0.3 is 10.1 Å². The molecule has 122 valence electrons. The molecule has 0 aliphatic heterocycles. The number of amides is 1. The minimum atomic E-state index is -0.226. The van der Waals surface area contributed by atoms with Gasteiger partial charge in [-0.25, -0.2) is 0 Å². The number of thioether (sulfide) groups is 1. The van der Waals surface area contributed by atoms with Crippen LogP contribution in [-0.4, -0.2) is 18.3 Å². The van der Waals surface area contributed by atoms with Crippen molar-refractivity contribution in [2.24, 2.45) is 0 Å². The topological polar surface area (TPSA) is 38.3 Å². The third-order valence-electron chi connectivity index (χ3n) is 3.21. The second kappa shape index (κ2) is 8.48. The van der Waals surface area contributed by atoms with E-state index in [1.54, 1.807) is 37.1 Å². The minimum absolute atomic E-state index is 0.109. The minimum Gasteiger partial charge on any atom is -0.497 e. The van der Waals surface area contributed by atoms with Crippen molar-refractivity contribution >= 4 is 46.6 Å². The van der Waals surface area contributed by atoms with Crippen molar-refractivity contribution in [3.05, 3.63) is 58.1 Å². The highest BCUT2D eigenvalue weighted by Crippen LogP contribution is 2.30. The van der Waals surface area contributed by atoms with Gasteiger partial charge in [0.2, 0.25) is 5.91 Å². The lowest BCUT2D eigenvalue weighted by Gasteiger charge is -2.13. The summed E-state index contributed by atoms with van der Waals surface area (Å²) in [5.41, 5.74) is 1.63. The van der Waals surface area contributed by atoms with E-state index in [4.69, 9.17) is 27.9 Å². The Labute approximate surface area is 150 Å². The average Bonchev–Trinajstić information content (AvgIpc) is 2.57. The van der Waals surface area contributed by atoms with Gasteiger partial charge in [-0.15, -0.1) is 11.8 Å². The molecule has 0 saturated carbocycles. The van der Waals surface area contributed by atoms with Crippen LogP contribution < -0.4 is 10.1 Å². The summed E-state index contributed by atoms with van der Waals surface area (Å²) in [6.07, 6.45) is 0. The number of carbonyl (C=O) groups excluding carboxylic acids is 1. The Morgan fingerprint density at radius 1 is 1.26 bits per heavy atom. The van der Waals surface area contributed by atoms with Crippen molar-refractivity contribution in [1.82, 2.24) is 0 Å². The molecule has 0 aromatic heterocycles. The first-order chi connectivity index (χ1) is 11.0. The van der Waals surface area contributed by atoms with Gasteiger partial charge in [0.25, 0.3) is 0 Å². The number of carbonyl (C=O) groups is 1. The predicted molar refractivity (Wildman–Crippen MR) is 98.8 cm³/mol. The van der Waals surface area contributed by atoms with Crippen molar-refractivity contribution < 1.29 is 9.53 Å². The second-order valence-electron chi connectivity index (χ2n) is 4.90. The Bertz CT molecular complexity index is 694. The number of nitrogens with one attached hydrogen (secondary N) is 1. The molecule has 0 aliphatic rings. The van der Waals surface area contributed by atoms with E-state index in [0.29, 0.717) is 15.7 Å². The number of hydrogen-bond acceptors (Lipinski definition) is 3. The van der Waals surface area contributed by atoms with Crippen LogP contribution in [0, 0.1) is 0 Å². The lowest BCUT2D eigenvalue weighted by molar-refractivity contribution is -0.115. The molecule has 2 aromatic rings. The average molecular weight is 370 g/mol. The van der Waals surface area contributed by atoms with Gasteiger partial charge >= 0.3 is 0 Å². The maximum absolute atomic E-state index is 12.3. The summed E-state index contributed by atoms with van der Waals surface area (Å²) >= 11 is 13.6. The Morgan fingerprint density at radius 2 is 2.00 bits per heavy atom. The smallest absolute Gasteiger partial charge is 0.237 e. The third-order valence-corrected chi connectivity index (χ3v) is 5.25.